The van der Waals surface area contributed by atoms with Crippen LogP contribution in [0.25, 0.3) is 0 Å². The molecule has 2 rings (SSSR count). The highest BCUT2D eigenvalue weighted by Crippen LogP contribution is 2.27. The molecule has 0 spiro atoms. The molecule has 2 aromatic rings. The summed E-state index contributed by atoms with van der Waals surface area (Å²) in [6.45, 7) is 0. The Morgan fingerprint density at radius 2 is 2.05 bits per heavy atom. The Bertz CT molecular complexity index is 724. The quantitative estimate of drug-likeness (QED) is 0.906. The topological polar surface area (TPSA) is 59.1 Å². The van der Waals surface area contributed by atoms with Crippen LogP contribution in [0.15, 0.2) is 46.0 Å². The van der Waals surface area contributed by atoms with Gasteiger partial charge in [0.05, 0.1) is 15.2 Å². The van der Waals surface area contributed by atoms with Crippen LogP contribution < -0.4 is 4.72 Å². The number of halogens is 3. The lowest BCUT2D eigenvalue weighted by Crippen LogP contribution is -2.14. The average Bonchev–Trinajstić information content (AvgIpc) is 2.35. The number of sulfonamides is 1. The highest BCUT2D eigenvalue weighted by molar-refractivity contribution is 9.10. The van der Waals surface area contributed by atoms with E-state index in [0.717, 1.165) is 12.1 Å². The van der Waals surface area contributed by atoms with Crippen LogP contribution >= 0.6 is 27.5 Å². The maximum atomic E-state index is 13.1. The van der Waals surface area contributed by atoms with Gasteiger partial charge in [-0.15, -0.1) is 0 Å². The van der Waals surface area contributed by atoms with E-state index >= 15 is 0 Å². The molecule has 0 bridgehead atoms. The van der Waals surface area contributed by atoms with Crippen LogP contribution in [-0.2, 0) is 10.0 Å². The first kappa shape index (κ1) is 14.2. The van der Waals surface area contributed by atoms with Crippen molar-refractivity contribution in [2.24, 2.45) is 0 Å². The molecule has 1 aromatic carbocycles. The first-order valence-electron chi connectivity index (χ1n) is 4.97. The maximum absolute atomic E-state index is 13.1. The summed E-state index contributed by atoms with van der Waals surface area (Å²) in [4.78, 5) is 3.49. The van der Waals surface area contributed by atoms with Gasteiger partial charge in [-0.1, -0.05) is 11.6 Å². The molecule has 1 aromatic heterocycles. The van der Waals surface area contributed by atoms with E-state index < -0.39 is 15.8 Å². The Kier molecular flexibility index (Phi) is 4.07. The second-order valence-electron chi connectivity index (χ2n) is 3.54. The van der Waals surface area contributed by atoms with Crippen LogP contribution in [0.3, 0.4) is 0 Å². The summed E-state index contributed by atoms with van der Waals surface area (Å²) < 4.78 is 40.1. The fourth-order valence-electron chi connectivity index (χ4n) is 1.34. The normalized spacial score (nSPS) is 11.3. The van der Waals surface area contributed by atoms with Crippen molar-refractivity contribution < 1.29 is 12.8 Å². The van der Waals surface area contributed by atoms with Gasteiger partial charge >= 0.3 is 0 Å². The molecule has 1 N–H and O–H groups in total. The van der Waals surface area contributed by atoms with E-state index in [1.54, 1.807) is 0 Å². The molecule has 0 aliphatic carbocycles. The Hall–Kier alpha value is -1.18. The van der Waals surface area contributed by atoms with Gasteiger partial charge in [0.2, 0.25) is 0 Å². The first-order valence-corrected chi connectivity index (χ1v) is 7.63. The molecule has 0 saturated carbocycles. The molecule has 8 heteroatoms. The van der Waals surface area contributed by atoms with Gasteiger partial charge < -0.3 is 0 Å². The van der Waals surface area contributed by atoms with E-state index in [1.165, 1.54) is 24.5 Å². The fourth-order valence-corrected chi connectivity index (χ4v) is 3.41. The Morgan fingerprint density at radius 1 is 1.32 bits per heavy atom. The van der Waals surface area contributed by atoms with Crippen LogP contribution in [-0.4, -0.2) is 13.4 Å². The Balaban J connectivity index is 2.44. The summed E-state index contributed by atoms with van der Waals surface area (Å²) in [6.07, 6.45) is 2.86. The molecule has 1 heterocycles. The van der Waals surface area contributed by atoms with Crippen molar-refractivity contribution in [2.75, 3.05) is 4.72 Å². The summed E-state index contributed by atoms with van der Waals surface area (Å²) >= 11 is 8.93. The van der Waals surface area contributed by atoms with Gasteiger partial charge in [0.15, 0.2) is 0 Å². The van der Waals surface area contributed by atoms with Gasteiger partial charge in [0, 0.05) is 12.4 Å². The van der Waals surface area contributed by atoms with Crippen LogP contribution in [0.1, 0.15) is 0 Å². The summed E-state index contributed by atoms with van der Waals surface area (Å²) in [5.41, 5.74) is 0.287. The van der Waals surface area contributed by atoms with Gasteiger partial charge in [-0.05, 0) is 40.2 Å². The van der Waals surface area contributed by atoms with Crippen LogP contribution in [0.4, 0.5) is 10.1 Å². The highest BCUT2D eigenvalue weighted by atomic mass is 79.9. The van der Waals surface area contributed by atoms with E-state index in [-0.39, 0.29) is 15.6 Å². The fraction of sp³-hybridized carbons (Fsp3) is 0. The second-order valence-corrected chi connectivity index (χ2v) is 6.45. The van der Waals surface area contributed by atoms with Gasteiger partial charge in [0.25, 0.3) is 10.0 Å². The standard InChI is InChI=1S/C11H7BrClFN2O2S/c12-8-6-15-4-3-10(8)16-19(17,18)11-5-7(14)1-2-9(11)13/h1-6H,(H,15,16). The van der Waals surface area contributed by atoms with Crippen molar-refractivity contribution in [3.63, 3.8) is 0 Å². The van der Waals surface area contributed by atoms with Crippen molar-refractivity contribution >= 4 is 43.2 Å². The summed E-state index contributed by atoms with van der Waals surface area (Å²) in [7, 11) is -3.97. The van der Waals surface area contributed by atoms with Crippen molar-refractivity contribution in [1.29, 1.82) is 0 Å². The monoisotopic (exact) mass is 364 g/mol. The molecular weight excluding hydrogens is 359 g/mol. The molecule has 0 aliphatic rings. The minimum absolute atomic E-state index is 0.0564. The lowest BCUT2D eigenvalue weighted by Gasteiger charge is -2.10. The lowest BCUT2D eigenvalue weighted by molar-refractivity contribution is 0.595. The van der Waals surface area contributed by atoms with Crippen LogP contribution in [0.5, 0.6) is 0 Å². The molecule has 0 aliphatic heterocycles. The Morgan fingerprint density at radius 3 is 2.74 bits per heavy atom. The third kappa shape index (κ3) is 3.23. The molecule has 100 valence electrons. The summed E-state index contributed by atoms with van der Waals surface area (Å²) in [5, 5.41) is -0.0564. The third-order valence-electron chi connectivity index (χ3n) is 2.20. The van der Waals surface area contributed by atoms with E-state index in [4.69, 9.17) is 11.6 Å². The molecule has 0 fully saturated rings. The number of nitrogens with zero attached hydrogens (tertiary/aromatic N) is 1. The number of anilines is 1. The zero-order valence-electron chi connectivity index (χ0n) is 9.27. The zero-order valence-corrected chi connectivity index (χ0v) is 12.4. The van der Waals surface area contributed by atoms with Gasteiger partial charge in [0.1, 0.15) is 10.7 Å². The zero-order chi connectivity index (χ0) is 14.0. The molecule has 4 nitrogen and oxygen atoms in total. The second kappa shape index (κ2) is 5.44. The molecule has 0 atom stereocenters. The molecule has 19 heavy (non-hydrogen) atoms. The summed E-state index contributed by atoms with van der Waals surface area (Å²) in [6, 6.07) is 4.60. The number of hydrogen-bond donors (Lipinski definition) is 1. The predicted molar refractivity (Wildman–Crippen MR) is 74.2 cm³/mol. The number of aromatic nitrogens is 1. The molecule has 0 radical (unpaired) electrons. The smallest absolute Gasteiger partial charge is 0.263 e. The molecule has 0 saturated heterocycles. The number of hydrogen-bond acceptors (Lipinski definition) is 3. The van der Waals surface area contributed by atoms with Gasteiger partial charge in [-0.2, -0.15) is 0 Å². The minimum Gasteiger partial charge on any atom is -0.278 e. The highest BCUT2D eigenvalue weighted by Gasteiger charge is 2.19. The van der Waals surface area contributed by atoms with Crippen molar-refractivity contribution in [3.05, 3.63) is 52.0 Å². The predicted octanol–water partition coefficient (Wildman–Crippen LogP) is 3.44. The molecular formula is C11H7BrClFN2O2S. The van der Waals surface area contributed by atoms with E-state index in [0.29, 0.717) is 4.47 Å². The van der Waals surface area contributed by atoms with Crippen LogP contribution in [0.2, 0.25) is 5.02 Å². The van der Waals surface area contributed by atoms with E-state index in [1.807, 2.05) is 0 Å². The Labute approximate surface area is 122 Å². The summed E-state index contributed by atoms with van der Waals surface area (Å²) in [5.74, 6) is -0.682. The number of pyridine rings is 1. The average molecular weight is 366 g/mol. The largest absolute Gasteiger partial charge is 0.278 e. The maximum Gasteiger partial charge on any atom is 0.263 e. The molecule has 0 amide bonds. The van der Waals surface area contributed by atoms with Gasteiger partial charge in [-0.3, -0.25) is 9.71 Å². The van der Waals surface area contributed by atoms with Crippen molar-refractivity contribution in [2.45, 2.75) is 4.90 Å². The van der Waals surface area contributed by atoms with Gasteiger partial charge in [-0.25, -0.2) is 12.8 Å². The van der Waals surface area contributed by atoms with Crippen molar-refractivity contribution in [1.82, 2.24) is 4.98 Å². The molecule has 0 unspecified atom stereocenters. The minimum atomic E-state index is -3.97. The van der Waals surface area contributed by atoms with E-state index in [9.17, 15) is 12.8 Å². The number of rotatable bonds is 3. The number of benzene rings is 1. The van der Waals surface area contributed by atoms with E-state index in [2.05, 4.69) is 25.6 Å². The lowest BCUT2D eigenvalue weighted by atomic mass is 10.3. The first-order chi connectivity index (χ1) is 8.90. The van der Waals surface area contributed by atoms with Crippen molar-refractivity contribution in [3.8, 4) is 0 Å². The third-order valence-corrected chi connectivity index (χ3v) is 4.68. The van der Waals surface area contributed by atoms with Crippen LogP contribution in [0, 0.1) is 5.82 Å². The SMILES string of the molecule is O=S(=O)(Nc1ccncc1Br)c1cc(F)ccc1Cl. The number of nitrogens with one attached hydrogen (secondary N) is 1.